The number of methoxy groups -OCH3 is 1. The fraction of sp³-hybridized carbons (Fsp3) is 0.0909. The minimum Gasteiger partial charge on any atom is -0.495 e. The molecular weight excluding hydrogens is 324 g/mol. The van der Waals surface area contributed by atoms with E-state index >= 15 is 0 Å². The van der Waals surface area contributed by atoms with E-state index in [0.717, 1.165) is 0 Å². The van der Waals surface area contributed by atoms with Gasteiger partial charge in [0.25, 0.3) is 15.0 Å². The molecule has 0 aliphatic carbocycles. The highest BCUT2D eigenvalue weighted by Gasteiger charge is 2.18. The van der Waals surface area contributed by atoms with Crippen LogP contribution in [0, 0.1) is 0 Å². The quantitative estimate of drug-likeness (QED) is 0.868. The van der Waals surface area contributed by atoms with E-state index in [0.29, 0.717) is 0 Å². The number of nitrogens with zero attached hydrogens (tertiary/aromatic N) is 1. The maximum Gasteiger partial charge on any atom is 0.275 e. The highest BCUT2D eigenvalue weighted by atomic mass is 35.7. The van der Waals surface area contributed by atoms with Crippen molar-refractivity contribution >= 4 is 42.7 Å². The smallest absolute Gasteiger partial charge is 0.275 e. The molecule has 0 unspecified atom stereocenters. The Morgan fingerprint density at radius 2 is 2.20 bits per heavy atom. The van der Waals surface area contributed by atoms with Gasteiger partial charge in [0.2, 0.25) is 0 Å². The molecule has 20 heavy (non-hydrogen) atoms. The van der Waals surface area contributed by atoms with Gasteiger partial charge in [-0.15, -0.1) is 11.3 Å². The normalized spacial score (nSPS) is 11.1. The fourth-order valence-electron chi connectivity index (χ4n) is 1.46. The predicted octanol–water partition coefficient (Wildman–Crippen LogP) is 2.33. The minimum absolute atomic E-state index is 0.103. The van der Waals surface area contributed by atoms with E-state index in [9.17, 15) is 13.2 Å². The Balaban J connectivity index is 2.33. The lowest BCUT2D eigenvalue weighted by molar-refractivity contribution is 0.102. The first kappa shape index (κ1) is 14.8. The zero-order valence-corrected chi connectivity index (χ0v) is 12.6. The number of aromatic nitrogens is 1. The lowest BCUT2D eigenvalue weighted by atomic mass is 10.3. The number of anilines is 1. The summed E-state index contributed by atoms with van der Waals surface area (Å²) < 4.78 is 27.8. The molecule has 0 aliphatic rings. The number of hydrogen-bond acceptors (Lipinski definition) is 6. The monoisotopic (exact) mass is 332 g/mol. The average Bonchev–Trinajstić information content (AvgIpc) is 2.91. The van der Waals surface area contributed by atoms with Crippen molar-refractivity contribution < 1.29 is 17.9 Å². The van der Waals surface area contributed by atoms with Crippen LogP contribution in [0.25, 0.3) is 0 Å². The number of rotatable bonds is 4. The standard InChI is InChI=1S/C11H9ClN2O4S2/c1-18-9-3-2-7(4-10(9)20(12,16)17)14-11(15)8-5-19-6-13-8/h2-6H,1H3,(H,14,15). The molecule has 1 heterocycles. The summed E-state index contributed by atoms with van der Waals surface area (Å²) in [5.41, 5.74) is 2.06. The number of carbonyl (C=O) groups is 1. The van der Waals surface area contributed by atoms with Gasteiger partial charge in [-0.25, -0.2) is 13.4 Å². The Morgan fingerprint density at radius 1 is 1.45 bits per heavy atom. The van der Waals surface area contributed by atoms with Gasteiger partial charge in [0, 0.05) is 21.7 Å². The number of hydrogen-bond donors (Lipinski definition) is 1. The van der Waals surface area contributed by atoms with Gasteiger partial charge in [0.15, 0.2) is 0 Å². The molecule has 1 aromatic carbocycles. The number of thiazole rings is 1. The molecule has 0 bridgehead atoms. The molecule has 1 aromatic heterocycles. The van der Waals surface area contributed by atoms with Crippen LogP contribution in [0.1, 0.15) is 10.5 Å². The summed E-state index contributed by atoms with van der Waals surface area (Å²) in [5.74, 6) is -0.332. The summed E-state index contributed by atoms with van der Waals surface area (Å²) in [4.78, 5) is 15.5. The first-order chi connectivity index (χ1) is 9.41. The molecule has 1 amide bonds. The van der Waals surface area contributed by atoms with E-state index in [1.54, 1.807) is 5.38 Å². The maximum absolute atomic E-state index is 11.8. The van der Waals surface area contributed by atoms with Crippen molar-refractivity contribution in [3.63, 3.8) is 0 Å². The Kier molecular flexibility index (Phi) is 4.26. The van der Waals surface area contributed by atoms with Gasteiger partial charge in [0.1, 0.15) is 16.3 Å². The van der Waals surface area contributed by atoms with Crippen LogP contribution in [-0.2, 0) is 9.05 Å². The molecule has 0 saturated heterocycles. The molecule has 0 radical (unpaired) electrons. The van der Waals surface area contributed by atoms with Crippen LogP contribution in [0.2, 0.25) is 0 Å². The number of carbonyl (C=O) groups excluding carboxylic acids is 1. The van der Waals surface area contributed by atoms with E-state index in [1.165, 1.54) is 42.2 Å². The molecule has 0 atom stereocenters. The van der Waals surface area contributed by atoms with Crippen LogP contribution in [0.15, 0.2) is 34.0 Å². The minimum atomic E-state index is -3.98. The van der Waals surface area contributed by atoms with Crippen LogP contribution in [0.3, 0.4) is 0 Å². The number of nitrogens with one attached hydrogen (secondary N) is 1. The van der Waals surface area contributed by atoms with E-state index in [-0.39, 0.29) is 22.0 Å². The largest absolute Gasteiger partial charge is 0.495 e. The van der Waals surface area contributed by atoms with Crippen LogP contribution in [0.5, 0.6) is 5.75 Å². The Labute approximate surface area is 123 Å². The fourth-order valence-corrected chi connectivity index (χ4v) is 3.02. The summed E-state index contributed by atoms with van der Waals surface area (Å²) in [6, 6.07) is 4.14. The Hall–Kier alpha value is -1.64. The van der Waals surface area contributed by atoms with Crippen molar-refractivity contribution in [3.8, 4) is 5.75 Å². The highest BCUT2D eigenvalue weighted by molar-refractivity contribution is 8.13. The van der Waals surface area contributed by atoms with E-state index < -0.39 is 15.0 Å². The molecule has 0 saturated carbocycles. The SMILES string of the molecule is COc1ccc(NC(=O)c2cscn2)cc1S(=O)(=O)Cl. The summed E-state index contributed by atoms with van der Waals surface area (Å²) >= 11 is 1.28. The van der Waals surface area contributed by atoms with E-state index in [2.05, 4.69) is 10.3 Å². The lowest BCUT2D eigenvalue weighted by Gasteiger charge is -2.09. The first-order valence-electron chi connectivity index (χ1n) is 5.24. The van der Waals surface area contributed by atoms with Gasteiger partial charge in [-0.3, -0.25) is 4.79 Å². The van der Waals surface area contributed by atoms with E-state index in [1.807, 2.05) is 0 Å². The van der Waals surface area contributed by atoms with Gasteiger partial charge < -0.3 is 10.1 Å². The van der Waals surface area contributed by atoms with Crippen LogP contribution < -0.4 is 10.1 Å². The molecule has 6 nitrogen and oxygen atoms in total. The number of halogens is 1. The van der Waals surface area contributed by atoms with Gasteiger partial charge in [0.05, 0.1) is 12.6 Å². The zero-order valence-electron chi connectivity index (χ0n) is 10.2. The molecule has 1 N–H and O–H groups in total. The second kappa shape index (κ2) is 5.78. The van der Waals surface area contributed by atoms with Crippen molar-refractivity contribution in [1.82, 2.24) is 4.98 Å². The predicted molar refractivity (Wildman–Crippen MR) is 76.1 cm³/mol. The maximum atomic E-state index is 11.8. The topological polar surface area (TPSA) is 85.4 Å². The number of ether oxygens (including phenoxy) is 1. The average molecular weight is 333 g/mol. The second-order valence-electron chi connectivity index (χ2n) is 3.63. The molecule has 9 heteroatoms. The lowest BCUT2D eigenvalue weighted by Crippen LogP contribution is -2.12. The Bertz CT molecular complexity index is 729. The van der Waals surface area contributed by atoms with Crippen molar-refractivity contribution in [3.05, 3.63) is 34.8 Å². The summed E-state index contributed by atoms with van der Waals surface area (Å²) in [5, 5.41) is 4.12. The van der Waals surface area contributed by atoms with Crippen LogP contribution in [-0.4, -0.2) is 26.4 Å². The van der Waals surface area contributed by atoms with Crippen LogP contribution in [0.4, 0.5) is 5.69 Å². The van der Waals surface area contributed by atoms with Crippen molar-refractivity contribution in [1.29, 1.82) is 0 Å². The molecular formula is C11H9ClN2O4S2. The Morgan fingerprint density at radius 3 is 2.75 bits per heavy atom. The highest BCUT2D eigenvalue weighted by Crippen LogP contribution is 2.29. The van der Waals surface area contributed by atoms with E-state index in [4.69, 9.17) is 15.4 Å². The van der Waals surface area contributed by atoms with Crippen molar-refractivity contribution in [2.45, 2.75) is 4.90 Å². The van der Waals surface area contributed by atoms with Gasteiger partial charge in [-0.2, -0.15) is 0 Å². The van der Waals surface area contributed by atoms with Gasteiger partial charge in [-0.1, -0.05) is 0 Å². The van der Waals surface area contributed by atoms with Crippen molar-refractivity contribution in [2.75, 3.05) is 12.4 Å². The molecule has 0 aliphatic heterocycles. The first-order valence-corrected chi connectivity index (χ1v) is 8.49. The molecule has 2 aromatic rings. The molecule has 106 valence electrons. The third-order valence-corrected chi connectivity index (χ3v) is 4.28. The summed E-state index contributed by atoms with van der Waals surface area (Å²) in [6.07, 6.45) is 0. The van der Waals surface area contributed by atoms with Crippen LogP contribution >= 0.6 is 22.0 Å². The molecule has 2 rings (SSSR count). The third kappa shape index (κ3) is 3.27. The zero-order chi connectivity index (χ0) is 14.8. The molecule has 0 fully saturated rings. The number of benzene rings is 1. The van der Waals surface area contributed by atoms with Gasteiger partial charge in [-0.05, 0) is 18.2 Å². The third-order valence-electron chi connectivity index (χ3n) is 2.35. The summed E-state index contributed by atoms with van der Waals surface area (Å²) in [6.45, 7) is 0. The van der Waals surface area contributed by atoms with Gasteiger partial charge >= 0.3 is 0 Å². The number of amides is 1. The molecule has 0 spiro atoms. The summed E-state index contributed by atoms with van der Waals surface area (Å²) in [7, 11) is 2.67. The second-order valence-corrected chi connectivity index (χ2v) is 6.88. The van der Waals surface area contributed by atoms with Crippen molar-refractivity contribution in [2.24, 2.45) is 0 Å².